The monoisotopic (exact) mass is 403 g/mol. The predicted molar refractivity (Wildman–Crippen MR) is 106 cm³/mol. The number of nitro groups is 1. The molecule has 28 heavy (non-hydrogen) atoms. The Morgan fingerprint density at radius 2 is 1.96 bits per heavy atom. The molecule has 0 aliphatic carbocycles. The van der Waals surface area contributed by atoms with Crippen LogP contribution in [0.2, 0.25) is 0 Å². The van der Waals surface area contributed by atoms with E-state index >= 15 is 0 Å². The van der Waals surface area contributed by atoms with Crippen LogP contribution in [0.4, 0.5) is 11.4 Å². The highest BCUT2D eigenvalue weighted by atomic mass is 32.1. The third-order valence-electron chi connectivity index (χ3n) is 3.50. The van der Waals surface area contributed by atoms with Crippen molar-refractivity contribution < 1.29 is 18.9 Å². The molecule has 0 spiro atoms. The number of ketones is 1. The number of Topliss-reactive ketones (excluding diaryl/α,β-unsaturated/α-hetero) is 1. The van der Waals surface area contributed by atoms with Gasteiger partial charge in [-0.05, 0) is 36.8 Å². The molecule has 4 N–H and O–H groups in total. The summed E-state index contributed by atoms with van der Waals surface area (Å²) in [6, 6.07) is 8.89. The number of rotatable bonds is 9. The number of nitro benzene ring substituents is 1. The van der Waals surface area contributed by atoms with Crippen LogP contribution in [0.25, 0.3) is 0 Å². The number of carbonyl (C=O) groups is 2. The minimum Gasteiger partial charge on any atom is -0.461 e. The number of carbonyl (C=O) groups excluding carboxylic acids is 2. The van der Waals surface area contributed by atoms with Crippen LogP contribution < -0.4 is 16.5 Å². The zero-order chi connectivity index (χ0) is 20.5. The Balaban J connectivity index is 2.01. The first kappa shape index (κ1) is 20.7. The van der Waals surface area contributed by atoms with E-state index in [1.54, 1.807) is 12.1 Å². The Hall–Kier alpha value is -3.60. The quantitative estimate of drug-likeness (QED) is 0.190. The first-order chi connectivity index (χ1) is 13.4. The summed E-state index contributed by atoms with van der Waals surface area (Å²) in [6.45, 7) is 0. The van der Waals surface area contributed by atoms with Crippen LogP contribution in [0.1, 0.15) is 29.8 Å². The molecule has 0 atom stereocenters. The molecule has 146 valence electrons. The lowest BCUT2D eigenvalue weighted by Gasteiger charge is -2.08. The average Bonchev–Trinajstić information content (AvgIpc) is 3.19. The van der Waals surface area contributed by atoms with Crippen LogP contribution in [0.5, 0.6) is 0 Å². The second-order valence-electron chi connectivity index (χ2n) is 5.55. The van der Waals surface area contributed by atoms with Crippen LogP contribution in [-0.4, -0.2) is 27.4 Å². The number of amides is 1. The number of hydrogen-bond acceptors (Lipinski definition) is 7. The molecule has 0 saturated carbocycles. The van der Waals surface area contributed by atoms with Gasteiger partial charge in [0.15, 0.2) is 10.9 Å². The van der Waals surface area contributed by atoms with Gasteiger partial charge in [0.1, 0.15) is 5.69 Å². The molecule has 0 fully saturated rings. The van der Waals surface area contributed by atoms with Crippen LogP contribution >= 0.6 is 12.2 Å². The van der Waals surface area contributed by atoms with Crippen molar-refractivity contribution in [2.75, 3.05) is 5.32 Å². The number of thiocarbonyl (C=S) groups is 1. The molecule has 0 saturated heterocycles. The summed E-state index contributed by atoms with van der Waals surface area (Å²) in [5, 5.41) is 17.3. The molecular weight excluding hydrogens is 386 g/mol. The highest BCUT2D eigenvalue weighted by Gasteiger charge is 2.17. The fourth-order valence-corrected chi connectivity index (χ4v) is 2.28. The fourth-order valence-electron chi connectivity index (χ4n) is 2.24. The first-order valence-electron chi connectivity index (χ1n) is 8.07. The lowest BCUT2D eigenvalue weighted by Crippen LogP contribution is -2.26. The molecule has 0 aliphatic heterocycles. The molecule has 0 aliphatic rings. The summed E-state index contributed by atoms with van der Waals surface area (Å²) in [6.07, 6.45) is 1.31. The molecule has 1 heterocycles. The van der Waals surface area contributed by atoms with Crippen LogP contribution in [-0.2, 0) is 4.79 Å². The number of para-hydroxylation sites is 2. The summed E-state index contributed by atoms with van der Waals surface area (Å²) in [4.78, 5) is 34.8. The summed E-state index contributed by atoms with van der Waals surface area (Å²) in [5.74, 6) is -0.636. The maximum Gasteiger partial charge on any atom is 0.292 e. The average molecular weight is 403 g/mol. The second kappa shape index (κ2) is 9.92. The van der Waals surface area contributed by atoms with E-state index in [0.29, 0.717) is 5.71 Å². The maximum atomic E-state index is 12.2. The van der Waals surface area contributed by atoms with Gasteiger partial charge in [0, 0.05) is 18.2 Å². The van der Waals surface area contributed by atoms with Crippen molar-refractivity contribution in [3.8, 4) is 0 Å². The van der Waals surface area contributed by atoms with Crippen molar-refractivity contribution in [3.63, 3.8) is 0 Å². The molecule has 2 rings (SSSR count). The predicted octanol–water partition coefficient (Wildman–Crippen LogP) is 2.37. The smallest absolute Gasteiger partial charge is 0.292 e. The van der Waals surface area contributed by atoms with Crippen LogP contribution in [0.3, 0.4) is 0 Å². The number of nitrogens with zero attached hydrogens (tertiary/aromatic N) is 2. The molecule has 1 amide bonds. The number of benzene rings is 1. The van der Waals surface area contributed by atoms with E-state index in [1.807, 2.05) is 0 Å². The van der Waals surface area contributed by atoms with Crippen molar-refractivity contribution >= 4 is 46.1 Å². The van der Waals surface area contributed by atoms with Crippen molar-refractivity contribution in [1.29, 1.82) is 0 Å². The maximum absolute atomic E-state index is 12.2. The van der Waals surface area contributed by atoms with E-state index in [4.69, 9.17) is 10.2 Å². The normalized spacial score (nSPS) is 10.9. The van der Waals surface area contributed by atoms with E-state index in [9.17, 15) is 19.7 Å². The first-order valence-corrected chi connectivity index (χ1v) is 8.48. The molecule has 11 heteroatoms. The molecule has 0 unspecified atom stereocenters. The molecule has 0 bridgehead atoms. The lowest BCUT2D eigenvalue weighted by atomic mass is 10.1. The standard InChI is InChI=1S/C17H17N5O5S/c18-17(28)21-20-11(10-14(23)15-6-3-9-27-15)7-8-16(24)19-12-4-1-2-5-13(12)22(25)26/h1-6,9H,7-8,10H2,(H,19,24)(H3,18,21,28)/b20-11-. The Morgan fingerprint density at radius 3 is 2.61 bits per heavy atom. The molecule has 10 nitrogen and oxygen atoms in total. The second-order valence-corrected chi connectivity index (χ2v) is 5.99. The summed E-state index contributed by atoms with van der Waals surface area (Å²) >= 11 is 4.68. The van der Waals surface area contributed by atoms with Gasteiger partial charge in [-0.1, -0.05) is 12.1 Å². The highest BCUT2D eigenvalue weighted by Crippen LogP contribution is 2.23. The molecule has 0 radical (unpaired) electrons. The minimum absolute atomic E-state index is 0.0602. The Morgan fingerprint density at radius 1 is 1.21 bits per heavy atom. The Labute approximate surface area is 164 Å². The van der Waals surface area contributed by atoms with Crippen molar-refractivity contribution in [2.24, 2.45) is 10.8 Å². The minimum atomic E-state index is -0.587. The highest BCUT2D eigenvalue weighted by molar-refractivity contribution is 7.80. The van der Waals surface area contributed by atoms with E-state index in [0.717, 1.165) is 0 Å². The third kappa shape index (κ3) is 6.29. The van der Waals surface area contributed by atoms with Gasteiger partial charge in [-0.15, -0.1) is 0 Å². The van der Waals surface area contributed by atoms with Gasteiger partial charge in [0.25, 0.3) is 5.69 Å². The Kier molecular flexibility index (Phi) is 7.34. The van der Waals surface area contributed by atoms with Gasteiger partial charge < -0.3 is 15.5 Å². The summed E-state index contributed by atoms with van der Waals surface area (Å²) in [5.41, 5.74) is 7.92. The lowest BCUT2D eigenvalue weighted by molar-refractivity contribution is -0.383. The van der Waals surface area contributed by atoms with Gasteiger partial charge in [-0.3, -0.25) is 25.1 Å². The largest absolute Gasteiger partial charge is 0.461 e. The van der Waals surface area contributed by atoms with Gasteiger partial charge in [-0.25, -0.2) is 0 Å². The molecule has 2 aromatic rings. The van der Waals surface area contributed by atoms with Gasteiger partial charge in [0.2, 0.25) is 11.7 Å². The topological polar surface area (TPSA) is 153 Å². The van der Waals surface area contributed by atoms with E-state index < -0.39 is 10.8 Å². The Bertz CT molecular complexity index is 910. The van der Waals surface area contributed by atoms with Crippen molar-refractivity contribution in [3.05, 3.63) is 58.5 Å². The number of nitrogens with two attached hydrogens (primary N) is 1. The molecule has 1 aromatic heterocycles. The van der Waals surface area contributed by atoms with Crippen molar-refractivity contribution in [2.45, 2.75) is 19.3 Å². The number of anilines is 1. The van der Waals surface area contributed by atoms with Crippen LogP contribution in [0, 0.1) is 10.1 Å². The number of hydrazone groups is 1. The van der Waals surface area contributed by atoms with Crippen molar-refractivity contribution in [1.82, 2.24) is 5.43 Å². The van der Waals surface area contributed by atoms with Gasteiger partial charge in [0.05, 0.1) is 17.6 Å². The third-order valence-corrected chi connectivity index (χ3v) is 3.59. The molecular formula is C17H17N5O5S. The van der Waals surface area contributed by atoms with E-state index in [1.165, 1.54) is 30.5 Å². The number of nitrogens with one attached hydrogen (secondary N) is 2. The zero-order valence-electron chi connectivity index (χ0n) is 14.6. The number of hydrogen-bond donors (Lipinski definition) is 3. The number of furan rings is 1. The molecule has 1 aromatic carbocycles. The zero-order valence-corrected chi connectivity index (χ0v) is 15.4. The fraction of sp³-hybridized carbons (Fsp3) is 0.176. The summed E-state index contributed by atoms with van der Waals surface area (Å²) in [7, 11) is 0. The van der Waals surface area contributed by atoms with E-state index in [-0.39, 0.29) is 47.3 Å². The van der Waals surface area contributed by atoms with Crippen LogP contribution in [0.15, 0.2) is 52.2 Å². The van der Waals surface area contributed by atoms with Gasteiger partial charge >= 0.3 is 0 Å². The summed E-state index contributed by atoms with van der Waals surface area (Å²) < 4.78 is 5.04. The van der Waals surface area contributed by atoms with E-state index in [2.05, 4.69) is 28.1 Å². The SMILES string of the molecule is NC(=S)N/N=C(/CCC(=O)Nc1ccccc1[N+](=O)[O-])CC(=O)c1ccco1. The van der Waals surface area contributed by atoms with Gasteiger partial charge in [-0.2, -0.15) is 5.10 Å².